The van der Waals surface area contributed by atoms with Crippen LogP contribution in [0, 0.1) is 12.8 Å². The SMILES string of the molecule is Cc1cccc(NC(=O)[C@@H]2CCCN(CN3C(=O)N[C@](c4ccccc4)(C(F)(F)F)C3=O)C2)n1. The van der Waals surface area contributed by atoms with Gasteiger partial charge in [-0.15, -0.1) is 0 Å². The summed E-state index contributed by atoms with van der Waals surface area (Å²) in [7, 11) is 0. The molecule has 1 aromatic heterocycles. The van der Waals surface area contributed by atoms with E-state index in [1.807, 2.05) is 5.32 Å². The van der Waals surface area contributed by atoms with Crippen LogP contribution >= 0.6 is 0 Å². The number of amides is 4. The molecule has 0 bridgehead atoms. The zero-order valence-electron chi connectivity index (χ0n) is 18.4. The van der Waals surface area contributed by atoms with E-state index in [9.17, 15) is 27.6 Å². The minimum absolute atomic E-state index is 0.194. The second-order valence-corrected chi connectivity index (χ2v) is 8.49. The van der Waals surface area contributed by atoms with E-state index in [1.54, 1.807) is 30.0 Å². The lowest BCUT2D eigenvalue weighted by molar-refractivity contribution is -0.198. The van der Waals surface area contributed by atoms with E-state index >= 15 is 0 Å². The topological polar surface area (TPSA) is 94.6 Å². The number of benzene rings is 1. The molecule has 1 aromatic carbocycles. The standard InChI is InChI=1S/C23H24F3N5O3/c1-15-7-5-11-18(27-15)28-19(32)16-8-6-12-30(13-16)14-31-20(33)22(23(24,25)26,29-21(31)34)17-9-3-2-4-10-17/h2-5,7,9-11,16H,6,8,12-14H2,1H3,(H,29,34)(H,27,28,32)/t16-,22+/m1/s1. The molecule has 11 heteroatoms. The maximum absolute atomic E-state index is 14.1. The van der Waals surface area contributed by atoms with Gasteiger partial charge in [0.2, 0.25) is 11.4 Å². The van der Waals surface area contributed by atoms with Gasteiger partial charge >= 0.3 is 12.2 Å². The smallest absolute Gasteiger partial charge is 0.312 e. The molecular weight excluding hydrogens is 451 g/mol. The van der Waals surface area contributed by atoms with Crippen LogP contribution in [0.4, 0.5) is 23.8 Å². The molecule has 2 saturated heterocycles. The number of anilines is 1. The van der Waals surface area contributed by atoms with Gasteiger partial charge in [0.25, 0.3) is 5.91 Å². The van der Waals surface area contributed by atoms with Gasteiger partial charge in [-0.25, -0.2) is 14.7 Å². The predicted octanol–water partition coefficient (Wildman–Crippen LogP) is 3.01. The average Bonchev–Trinajstić information content (AvgIpc) is 3.05. The number of hydrogen-bond acceptors (Lipinski definition) is 5. The Labute approximate surface area is 194 Å². The summed E-state index contributed by atoms with van der Waals surface area (Å²) >= 11 is 0. The lowest BCUT2D eigenvalue weighted by atomic mass is 9.89. The fourth-order valence-electron chi connectivity index (χ4n) is 4.38. The molecule has 4 rings (SSSR count). The van der Waals surface area contributed by atoms with Crippen molar-refractivity contribution in [3.63, 3.8) is 0 Å². The number of alkyl halides is 3. The van der Waals surface area contributed by atoms with Crippen molar-refractivity contribution in [1.29, 1.82) is 0 Å². The summed E-state index contributed by atoms with van der Waals surface area (Å²) in [5, 5.41) is 4.64. The average molecular weight is 475 g/mol. The summed E-state index contributed by atoms with van der Waals surface area (Å²) in [6, 6.07) is 10.7. The highest BCUT2D eigenvalue weighted by Gasteiger charge is 2.68. The highest BCUT2D eigenvalue weighted by molar-refractivity contribution is 6.08. The molecule has 0 radical (unpaired) electrons. The molecule has 180 valence electrons. The third kappa shape index (κ3) is 4.35. The Morgan fingerprint density at radius 3 is 2.59 bits per heavy atom. The van der Waals surface area contributed by atoms with Gasteiger partial charge in [-0.2, -0.15) is 13.2 Å². The molecule has 0 unspecified atom stereocenters. The quantitative estimate of drug-likeness (QED) is 0.649. The van der Waals surface area contributed by atoms with E-state index in [4.69, 9.17) is 0 Å². The Morgan fingerprint density at radius 1 is 1.18 bits per heavy atom. The van der Waals surface area contributed by atoms with Crippen LogP contribution in [0.15, 0.2) is 48.5 Å². The molecule has 2 aliphatic rings. The third-order valence-corrected chi connectivity index (χ3v) is 6.09. The number of nitrogens with one attached hydrogen (secondary N) is 2. The van der Waals surface area contributed by atoms with Crippen molar-refractivity contribution in [2.45, 2.75) is 31.5 Å². The summed E-state index contributed by atoms with van der Waals surface area (Å²) in [6.07, 6.45) is -3.88. The van der Waals surface area contributed by atoms with Crippen molar-refractivity contribution in [3.8, 4) is 0 Å². The van der Waals surface area contributed by atoms with Crippen molar-refractivity contribution in [1.82, 2.24) is 20.1 Å². The van der Waals surface area contributed by atoms with Gasteiger partial charge in [0.1, 0.15) is 5.82 Å². The minimum atomic E-state index is -5.04. The van der Waals surface area contributed by atoms with E-state index in [1.165, 1.54) is 18.2 Å². The molecule has 2 fully saturated rings. The molecule has 2 atom stereocenters. The van der Waals surface area contributed by atoms with Crippen molar-refractivity contribution in [2.75, 3.05) is 25.1 Å². The summed E-state index contributed by atoms with van der Waals surface area (Å²) < 4.78 is 42.4. The number of halogens is 3. The third-order valence-electron chi connectivity index (χ3n) is 6.09. The Hall–Kier alpha value is -3.47. The fraction of sp³-hybridized carbons (Fsp3) is 0.391. The fourth-order valence-corrected chi connectivity index (χ4v) is 4.38. The molecule has 0 aliphatic carbocycles. The number of carbonyl (C=O) groups excluding carboxylic acids is 3. The van der Waals surface area contributed by atoms with Gasteiger partial charge in [-0.05, 0) is 44.0 Å². The number of hydrogen-bond donors (Lipinski definition) is 2. The lowest BCUT2D eigenvalue weighted by Crippen LogP contribution is -2.56. The molecule has 0 saturated carbocycles. The van der Waals surface area contributed by atoms with Crippen LogP contribution in [0.2, 0.25) is 0 Å². The zero-order chi connectivity index (χ0) is 24.5. The first-order valence-electron chi connectivity index (χ1n) is 10.8. The van der Waals surface area contributed by atoms with Crippen LogP contribution in [0.3, 0.4) is 0 Å². The molecule has 0 spiro atoms. The van der Waals surface area contributed by atoms with E-state index < -0.39 is 29.6 Å². The second-order valence-electron chi connectivity index (χ2n) is 8.49. The maximum atomic E-state index is 14.1. The zero-order valence-corrected chi connectivity index (χ0v) is 18.4. The summed E-state index contributed by atoms with van der Waals surface area (Å²) in [6.45, 7) is 2.08. The molecular formula is C23H24F3N5O3. The van der Waals surface area contributed by atoms with E-state index in [0.717, 1.165) is 17.8 Å². The molecule has 2 N–H and O–H groups in total. The number of urea groups is 1. The highest BCUT2D eigenvalue weighted by Crippen LogP contribution is 2.43. The van der Waals surface area contributed by atoms with E-state index in [2.05, 4.69) is 10.3 Å². The highest BCUT2D eigenvalue weighted by atomic mass is 19.4. The van der Waals surface area contributed by atoms with Crippen molar-refractivity contribution in [2.24, 2.45) is 5.92 Å². The van der Waals surface area contributed by atoms with E-state index in [-0.39, 0.29) is 24.7 Å². The van der Waals surface area contributed by atoms with Crippen LogP contribution < -0.4 is 10.6 Å². The number of imide groups is 1. The van der Waals surface area contributed by atoms with Crippen LogP contribution in [0.25, 0.3) is 0 Å². The molecule has 34 heavy (non-hydrogen) atoms. The first-order chi connectivity index (χ1) is 16.1. The van der Waals surface area contributed by atoms with Crippen molar-refractivity contribution >= 4 is 23.7 Å². The van der Waals surface area contributed by atoms with Crippen molar-refractivity contribution < 1.29 is 27.6 Å². The van der Waals surface area contributed by atoms with E-state index in [0.29, 0.717) is 30.1 Å². The summed E-state index contributed by atoms with van der Waals surface area (Å²) in [5.74, 6) is -1.70. The normalized spacial score (nSPS) is 23.6. The number of pyridine rings is 1. The minimum Gasteiger partial charge on any atom is -0.312 e. The predicted molar refractivity (Wildman–Crippen MR) is 116 cm³/mol. The Bertz CT molecular complexity index is 1090. The number of rotatable bonds is 5. The Kier molecular flexibility index (Phi) is 6.30. The van der Waals surface area contributed by atoms with Gasteiger partial charge < -0.3 is 10.6 Å². The first kappa shape index (κ1) is 23.7. The van der Waals surface area contributed by atoms with Gasteiger partial charge in [-0.1, -0.05) is 36.4 Å². The second kappa shape index (κ2) is 9.05. The van der Waals surface area contributed by atoms with Gasteiger partial charge in [-0.3, -0.25) is 14.5 Å². The van der Waals surface area contributed by atoms with Gasteiger partial charge in [0.05, 0.1) is 12.6 Å². The van der Waals surface area contributed by atoms with Crippen LogP contribution in [0.5, 0.6) is 0 Å². The Balaban J connectivity index is 1.48. The molecule has 8 nitrogen and oxygen atoms in total. The number of carbonyl (C=O) groups is 3. The number of aryl methyl sites for hydroxylation is 1. The molecule has 3 heterocycles. The van der Waals surface area contributed by atoms with Gasteiger partial charge in [0.15, 0.2) is 0 Å². The van der Waals surface area contributed by atoms with Crippen LogP contribution in [-0.2, 0) is 15.1 Å². The lowest BCUT2D eigenvalue weighted by Gasteiger charge is -2.34. The Morgan fingerprint density at radius 2 is 1.91 bits per heavy atom. The maximum Gasteiger partial charge on any atom is 0.425 e. The monoisotopic (exact) mass is 475 g/mol. The molecule has 2 aliphatic heterocycles. The summed E-state index contributed by atoms with van der Waals surface area (Å²) in [4.78, 5) is 44.8. The number of aromatic nitrogens is 1. The van der Waals surface area contributed by atoms with Gasteiger partial charge in [0, 0.05) is 12.2 Å². The van der Waals surface area contributed by atoms with Crippen LogP contribution in [0.1, 0.15) is 24.1 Å². The summed E-state index contributed by atoms with van der Waals surface area (Å²) in [5.41, 5.74) is -2.76. The van der Waals surface area contributed by atoms with Crippen LogP contribution in [-0.4, -0.2) is 58.6 Å². The first-order valence-corrected chi connectivity index (χ1v) is 10.8. The number of likely N-dealkylation sites (tertiary alicyclic amines) is 1. The largest absolute Gasteiger partial charge is 0.425 e. The molecule has 4 amide bonds. The van der Waals surface area contributed by atoms with Crippen molar-refractivity contribution in [3.05, 3.63) is 59.8 Å². The number of piperidine rings is 1. The number of nitrogens with zero attached hydrogens (tertiary/aromatic N) is 3. The molecule has 2 aromatic rings.